The predicted octanol–water partition coefficient (Wildman–Crippen LogP) is 2.39. The van der Waals surface area contributed by atoms with Gasteiger partial charge in [-0.1, -0.05) is 32.9 Å². The van der Waals surface area contributed by atoms with Gasteiger partial charge in [0.25, 0.3) is 5.91 Å². The van der Waals surface area contributed by atoms with Crippen molar-refractivity contribution in [3.63, 3.8) is 0 Å². The molecule has 1 heterocycles. The van der Waals surface area contributed by atoms with Crippen molar-refractivity contribution in [2.24, 2.45) is 5.92 Å². The Morgan fingerprint density at radius 3 is 2.64 bits per heavy atom. The molecule has 1 saturated heterocycles. The molecule has 0 aromatic heterocycles. The van der Waals surface area contributed by atoms with Crippen molar-refractivity contribution in [1.29, 1.82) is 0 Å². The molecule has 1 aromatic carbocycles. The number of esters is 1. The first-order valence-corrected chi connectivity index (χ1v) is 9.83. The maximum Gasteiger partial charge on any atom is 0.308 e. The topological polar surface area (TPSA) is 84.9 Å². The SMILES string of the molecule is CCC(C)OC(=O)CC1C(=O)NCCN1C(=O)c1ccccc1OCC(C)C. The van der Waals surface area contributed by atoms with Gasteiger partial charge in [-0.3, -0.25) is 14.4 Å². The van der Waals surface area contributed by atoms with Crippen molar-refractivity contribution < 1.29 is 23.9 Å². The first-order valence-electron chi connectivity index (χ1n) is 9.83. The number of carbonyl (C=O) groups excluding carboxylic acids is 3. The van der Waals surface area contributed by atoms with Crippen LogP contribution in [0, 0.1) is 5.92 Å². The lowest BCUT2D eigenvalue weighted by Gasteiger charge is -2.35. The van der Waals surface area contributed by atoms with Crippen LogP contribution < -0.4 is 10.1 Å². The summed E-state index contributed by atoms with van der Waals surface area (Å²) in [4.78, 5) is 39.2. The van der Waals surface area contributed by atoms with E-state index in [0.29, 0.717) is 43.3 Å². The van der Waals surface area contributed by atoms with Crippen LogP contribution in [0.4, 0.5) is 0 Å². The van der Waals surface area contributed by atoms with Crippen molar-refractivity contribution in [1.82, 2.24) is 10.2 Å². The van der Waals surface area contributed by atoms with E-state index in [4.69, 9.17) is 9.47 Å². The van der Waals surface area contributed by atoms with E-state index in [2.05, 4.69) is 5.32 Å². The minimum atomic E-state index is -0.893. The largest absolute Gasteiger partial charge is 0.492 e. The number of ether oxygens (including phenoxy) is 2. The third kappa shape index (κ3) is 5.71. The Balaban J connectivity index is 2.19. The Kier molecular flexibility index (Phi) is 7.84. The molecule has 0 radical (unpaired) electrons. The number of hydrogen-bond acceptors (Lipinski definition) is 5. The van der Waals surface area contributed by atoms with Gasteiger partial charge in [-0.25, -0.2) is 0 Å². The van der Waals surface area contributed by atoms with Crippen LogP contribution >= 0.6 is 0 Å². The van der Waals surface area contributed by atoms with Crippen molar-refractivity contribution in [3.05, 3.63) is 29.8 Å². The summed E-state index contributed by atoms with van der Waals surface area (Å²) < 4.78 is 11.1. The van der Waals surface area contributed by atoms with Crippen molar-refractivity contribution in [2.75, 3.05) is 19.7 Å². The van der Waals surface area contributed by atoms with Crippen LogP contribution in [0.25, 0.3) is 0 Å². The standard InChI is InChI=1S/C21H30N2O5/c1-5-15(4)28-19(24)12-17-20(25)22-10-11-23(17)21(26)16-8-6-7-9-18(16)27-13-14(2)3/h6-9,14-15,17H,5,10-13H2,1-4H3,(H,22,25). The van der Waals surface area contributed by atoms with E-state index in [1.165, 1.54) is 4.90 Å². The van der Waals surface area contributed by atoms with Gasteiger partial charge >= 0.3 is 5.97 Å². The summed E-state index contributed by atoms with van der Waals surface area (Å²) in [6.07, 6.45) is 0.288. The smallest absolute Gasteiger partial charge is 0.308 e. The number of piperazine rings is 1. The molecule has 2 atom stereocenters. The fourth-order valence-electron chi connectivity index (χ4n) is 2.85. The Labute approximate surface area is 166 Å². The van der Waals surface area contributed by atoms with Crippen LogP contribution in [0.2, 0.25) is 0 Å². The fourth-order valence-corrected chi connectivity index (χ4v) is 2.85. The van der Waals surface area contributed by atoms with Gasteiger partial charge in [0.05, 0.1) is 24.7 Å². The second-order valence-corrected chi connectivity index (χ2v) is 7.42. The lowest BCUT2D eigenvalue weighted by atomic mass is 10.1. The molecule has 0 aliphatic carbocycles. The molecule has 2 rings (SSSR count). The average molecular weight is 390 g/mol. The minimum absolute atomic E-state index is 0.170. The maximum atomic E-state index is 13.2. The van der Waals surface area contributed by atoms with Crippen LogP contribution in [0.5, 0.6) is 5.75 Å². The van der Waals surface area contributed by atoms with E-state index in [1.54, 1.807) is 31.2 Å². The monoisotopic (exact) mass is 390 g/mol. The summed E-state index contributed by atoms with van der Waals surface area (Å²) in [7, 11) is 0. The van der Waals surface area contributed by atoms with Crippen molar-refractivity contribution in [3.8, 4) is 5.75 Å². The highest BCUT2D eigenvalue weighted by Gasteiger charge is 2.36. The highest BCUT2D eigenvalue weighted by molar-refractivity contribution is 6.01. The molecular formula is C21H30N2O5. The summed E-state index contributed by atoms with van der Waals surface area (Å²) in [6.45, 7) is 8.91. The molecule has 1 aromatic rings. The van der Waals surface area contributed by atoms with Gasteiger partial charge in [0.15, 0.2) is 0 Å². The molecule has 154 valence electrons. The summed E-state index contributed by atoms with van der Waals surface area (Å²) >= 11 is 0. The molecule has 2 unspecified atom stereocenters. The van der Waals surface area contributed by atoms with Crippen LogP contribution in [0.3, 0.4) is 0 Å². The van der Waals surface area contributed by atoms with Gasteiger partial charge in [-0.05, 0) is 31.4 Å². The molecule has 28 heavy (non-hydrogen) atoms. The molecule has 0 spiro atoms. The van der Waals surface area contributed by atoms with Gasteiger partial charge in [-0.2, -0.15) is 0 Å². The Morgan fingerprint density at radius 1 is 1.25 bits per heavy atom. The average Bonchev–Trinajstić information content (AvgIpc) is 2.67. The summed E-state index contributed by atoms with van der Waals surface area (Å²) in [5, 5.41) is 2.72. The third-order valence-electron chi connectivity index (χ3n) is 4.55. The number of para-hydroxylation sites is 1. The minimum Gasteiger partial charge on any atom is -0.492 e. The molecule has 1 aliphatic heterocycles. The number of nitrogens with zero attached hydrogens (tertiary/aromatic N) is 1. The Bertz CT molecular complexity index is 704. The van der Waals surface area contributed by atoms with E-state index >= 15 is 0 Å². The normalized spacial score (nSPS) is 17.8. The van der Waals surface area contributed by atoms with Gasteiger partial charge in [-0.15, -0.1) is 0 Å². The van der Waals surface area contributed by atoms with Crippen LogP contribution in [0.1, 0.15) is 50.9 Å². The van der Waals surface area contributed by atoms with E-state index < -0.39 is 12.0 Å². The van der Waals surface area contributed by atoms with Crippen molar-refractivity contribution in [2.45, 2.75) is 52.7 Å². The van der Waals surface area contributed by atoms with E-state index in [0.717, 1.165) is 0 Å². The summed E-state index contributed by atoms with van der Waals surface area (Å²) in [6, 6.07) is 6.09. The zero-order valence-corrected chi connectivity index (χ0v) is 17.1. The molecular weight excluding hydrogens is 360 g/mol. The van der Waals surface area contributed by atoms with Crippen LogP contribution in [-0.2, 0) is 14.3 Å². The number of amides is 2. The molecule has 7 heteroatoms. The first-order chi connectivity index (χ1) is 13.3. The summed E-state index contributed by atoms with van der Waals surface area (Å²) in [5.74, 6) is -0.365. The number of carbonyl (C=O) groups is 3. The second-order valence-electron chi connectivity index (χ2n) is 7.42. The number of benzene rings is 1. The third-order valence-corrected chi connectivity index (χ3v) is 4.55. The molecule has 0 bridgehead atoms. The maximum absolute atomic E-state index is 13.2. The highest BCUT2D eigenvalue weighted by Crippen LogP contribution is 2.23. The Hall–Kier alpha value is -2.57. The Morgan fingerprint density at radius 2 is 1.96 bits per heavy atom. The van der Waals surface area contributed by atoms with Gasteiger partial charge < -0.3 is 19.7 Å². The van der Waals surface area contributed by atoms with E-state index in [1.807, 2.05) is 20.8 Å². The molecule has 1 aliphatic rings. The van der Waals surface area contributed by atoms with Gasteiger partial charge in [0, 0.05) is 13.1 Å². The molecule has 2 amide bonds. The molecule has 7 nitrogen and oxygen atoms in total. The molecule has 0 saturated carbocycles. The molecule has 1 N–H and O–H groups in total. The second kappa shape index (κ2) is 10.1. The summed E-state index contributed by atoms with van der Waals surface area (Å²) in [5.41, 5.74) is 0.387. The zero-order chi connectivity index (χ0) is 20.7. The van der Waals surface area contributed by atoms with Gasteiger partial charge in [0.2, 0.25) is 5.91 Å². The van der Waals surface area contributed by atoms with Crippen LogP contribution in [-0.4, -0.2) is 54.5 Å². The lowest BCUT2D eigenvalue weighted by Crippen LogP contribution is -2.58. The zero-order valence-electron chi connectivity index (χ0n) is 17.1. The predicted molar refractivity (Wildman–Crippen MR) is 105 cm³/mol. The number of nitrogens with one attached hydrogen (secondary N) is 1. The fraction of sp³-hybridized carbons (Fsp3) is 0.571. The van der Waals surface area contributed by atoms with Gasteiger partial charge in [0.1, 0.15) is 11.8 Å². The number of hydrogen-bond donors (Lipinski definition) is 1. The van der Waals surface area contributed by atoms with Crippen LogP contribution in [0.15, 0.2) is 24.3 Å². The molecule has 1 fully saturated rings. The number of rotatable bonds is 8. The quantitative estimate of drug-likeness (QED) is 0.689. The first kappa shape index (κ1) is 21.7. The lowest BCUT2D eigenvalue weighted by molar-refractivity contribution is -0.151. The van der Waals surface area contributed by atoms with E-state index in [-0.39, 0.29) is 24.3 Å². The van der Waals surface area contributed by atoms with Crippen molar-refractivity contribution >= 4 is 17.8 Å². The highest BCUT2D eigenvalue weighted by atomic mass is 16.5. The van der Waals surface area contributed by atoms with E-state index in [9.17, 15) is 14.4 Å².